The van der Waals surface area contributed by atoms with Gasteiger partial charge in [-0.2, -0.15) is 0 Å². The fraction of sp³-hybridized carbons (Fsp3) is 0.227. The number of methoxy groups -OCH3 is 2. The molecule has 0 bridgehead atoms. The van der Waals surface area contributed by atoms with Crippen molar-refractivity contribution >= 4 is 11.0 Å². The third kappa shape index (κ3) is 3.99. The number of ether oxygens (including phenoxy) is 3. The molecule has 0 atom stereocenters. The fourth-order valence-corrected chi connectivity index (χ4v) is 2.85. The molecule has 1 heterocycles. The van der Waals surface area contributed by atoms with Gasteiger partial charge in [0.1, 0.15) is 29.1 Å². The van der Waals surface area contributed by atoms with E-state index in [0.29, 0.717) is 17.9 Å². The summed E-state index contributed by atoms with van der Waals surface area (Å²) < 4.78 is 21.8. The molecule has 0 amide bonds. The molecule has 0 aliphatic heterocycles. The predicted octanol–water partition coefficient (Wildman–Crippen LogP) is 4.23. The minimum Gasteiger partial charge on any atom is -0.507 e. The van der Waals surface area contributed by atoms with E-state index in [1.807, 2.05) is 19.9 Å². The Labute approximate surface area is 167 Å². The number of benzene rings is 2. The Hall–Kier alpha value is -3.61. The summed E-state index contributed by atoms with van der Waals surface area (Å²) >= 11 is 0. The van der Waals surface area contributed by atoms with Crippen molar-refractivity contribution in [3.63, 3.8) is 0 Å². The molecular formula is C22H22O7. The summed E-state index contributed by atoms with van der Waals surface area (Å²) in [6.07, 6.45) is 1.89. The Morgan fingerprint density at radius 2 is 1.83 bits per heavy atom. The fourth-order valence-electron chi connectivity index (χ4n) is 2.85. The smallest absolute Gasteiger partial charge is 0.239 e. The Bertz CT molecular complexity index is 1140. The molecule has 0 saturated heterocycles. The van der Waals surface area contributed by atoms with E-state index in [1.165, 1.54) is 32.4 Å². The van der Waals surface area contributed by atoms with Crippen molar-refractivity contribution in [1.82, 2.24) is 0 Å². The number of rotatable bonds is 6. The van der Waals surface area contributed by atoms with Crippen molar-refractivity contribution in [1.29, 1.82) is 0 Å². The van der Waals surface area contributed by atoms with Crippen LogP contribution in [0.4, 0.5) is 0 Å². The summed E-state index contributed by atoms with van der Waals surface area (Å²) in [6, 6.07) is 7.46. The van der Waals surface area contributed by atoms with Crippen LogP contribution in [-0.4, -0.2) is 31.0 Å². The van der Waals surface area contributed by atoms with E-state index in [-0.39, 0.29) is 39.7 Å². The van der Waals surface area contributed by atoms with Crippen molar-refractivity contribution < 1.29 is 28.8 Å². The molecule has 0 unspecified atom stereocenters. The molecule has 0 saturated carbocycles. The van der Waals surface area contributed by atoms with Gasteiger partial charge in [0.05, 0.1) is 14.2 Å². The van der Waals surface area contributed by atoms with Crippen LogP contribution in [0.25, 0.3) is 22.3 Å². The second kappa shape index (κ2) is 8.18. The van der Waals surface area contributed by atoms with Crippen LogP contribution in [0.3, 0.4) is 0 Å². The van der Waals surface area contributed by atoms with E-state index < -0.39 is 5.43 Å². The maximum absolute atomic E-state index is 12.9. The van der Waals surface area contributed by atoms with Crippen LogP contribution in [0.1, 0.15) is 13.8 Å². The maximum Gasteiger partial charge on any atom is 0.239 e. The first kappa shape index (κ1) is 20.1. The van der Waals surface area contributed by atoms with Gasteiger partial charge in [-0.3, -0.25) is 4.79 Å². The molecule has 0 aliphatic carbocycles. The lowest BCUT2D eigenvalue weighted by atomic mass is 10.1. The highest BCUT2D eigenvalue weighted by atomic mass is 16.5. The number of phenols is 2. The zero-order valence-electron chi connectivity index (χ0n) is 16.6. The minimum atomic E-state index is -0.535. The largest absolute Gasteiger partial charge is 0.507 e. The van der Waals surface area contributed by atoms with Crippen molar-refractivity contribution in [3.05, 3.63) is 52.2 Å². The van der Waals surface area contributed by atoms with Crippen molar-refractivity contribution in [2.24, 2.45) is 0 Å². The first-order valence-electron chi connectivity index (χ1n) is 8.87. The third-order valence-electron chi connectivity index (χ3n) is 4.29. The third-order valence-corrected chi connectivity index (χ3v) is 4.29. The van der Waals surface area contributed by atoms with Crippen LogP contribution in [0.2, 0.25) is 0 Å². The Balaban J connectivity index is 2.18. The van der Waals surface area contributed by atoms with Gasteiger partial charge in [-0.1, -0.05) is 5.57 Å². The van der Waals surface area contributed by atoms with Gasteiger partial charge in [-0.15, -0.1) is 0 Å². The molecule has 0 aliphatic rings. The first-order valence-corrected chi connectivity index (χ1v) is 8.87. The summed E-state index contributed by atoms with van der Waals surface area (Å²) in [5.74, 6) is 0.273. The number of fused-ring (bicyclic) bond motifs is 1. The Morgan fingerprint density at radius 3 is 2.45 bits per heavy atom. The summed E-state index contributed by atoms with van der Waals surface area (Å²) in [5.41, 5.74) is 1.10. The van der Waals surface area contributed by atoms with Gasteiger partial charge in [0.15, 0.2) is 17.3 Å². The van der Waals surface area contributed by atoms with Gasteiger partial charge in [0.25, 0.3) is 0 Å². The van der Waals surface area contributed by atoms with Gasteiger partial charge in [-0.05, 0) is 38.1 Å². The standard InChI is InChI=1S/C22H22O7/c1-12(2)7-8-28-14-10-16(24)19-18(11-14)29-21(22(27-4)20(19)25)13-5-6-17(26-3)15(23)9-13/h5-7,9-11,23-24H,8H2,1-4H3. The number of aromatic hydroxyl groups is 2. The lowest BCUT2D eigenvalue weighted by Gasteiger charge is -2.12. The molecular weight excluding hydrogens is 376 g/mol. The normalized spacial score (nSPS) is 10.6. The highest BCUT2D eigenvalue weighted by Gasteiger charge is 2.21. The average Bonchev–Trinajstić information content (AvgIpc) is 2.67. The van der Waals surface area contributed by atoms with Crippen molar-refractivity contribution in [3.8, 4) is 40.1 Å². The van der Waals surface area contributed by atoms with E-state index in [0.717, 1.165) is 5.57 Å². The molecule has 152 valence electrons. The molecule has 3 aromatic rings. The molecule has 1 aromatic heterocycles. The van der Waals surface area contributed by atoms with E-state index in [1.54, 1.807) is 12.1 Å². The van der Waals surface area contributed by atoms with Crippen LogP contribution in [0, 0.1) is 0 Å². The van der Waals surface area contributed by atoms with Crippen LogP contribution >= 0.6 is 0 Å². The molecule has 0 fully saturated rings. The summed E-state index contributed by atoms with van der Waals surface area (Å²) in [4.78, 5) is 12.9. The van der Waals surface area contributed by atoms with Gasteiger partial charge in [-0.25, -0.2) is 0 Å². The van der Waals surface area contributed by atoms with Crippen LogP contribution < -0.4 is 19.6 Å². The van der Waals surface area contributed by atoms with Crippen molar-refractivity contribution in [2.75, 3.05) is 20.8 Å². The van der Waals surface area contributed by atoms with E-state index in [2.05, 4.69) is 0 Å². The van der Waals surface area contributed by atoms with Crippen LogP contribution in [0.15, 0.2) is 51.2 Å². The zero-order valence-corrected chi connectivity index (χ0v) is 16.6. The monoisotopic (exact) mass is 398 g/mol. The Kier molecular flexibility index (Phi) is 5.68. The molecule has 0 radical (unpaired) electrons. The summed E-state index contributed by atoms with van der Waals surface area (Å²) in [6.45, 7) is 4.21. The van der Waals surface area contributed by atoms with E-state index in [4.69, 9.17) is 18.6 Å². The number of phenolic OH excluding ortho intramolecular Hbond substituents is 2. The minimum absolute atomic E-state index is 0.0158. The maximum atomic E-state index is 12.9. The SMILES string of the molecule is COc1ccc(-c2oc3cc(OCC=C(C)C)cc(O)c3c(=O)c2OC)cc1O. The van der Waals surface area contributed by atoms with Gasteiger partial charge in [0, 0.05) is 17.7 Å². The van der Waals surface area contributed by atoms with Crippen LogP contribution in [-0.2, 0) is 0 Å². The molecule has 7 heteroatoms. The predicted molar refractivity (Wildman–Crippen MR) is 109 cm³/mol. The molecule has 7 nitrogen and oxygen atoms in total. The van der Waals surface area contributed by atoms with Crippen LogP contribution in [0.5, 0.6) is 28.7 Å². The lowest BCUT2D eigenvalue weighted by Crippen LogP contribution is -2.08. The lowest BCUT2D eigenvalue weighted by molar-refractivity contribution is 0.358. The topological polar surface area (TPSA) is 98.4 Å². The van der Waals surface area contributed by atoms with E-state index >= 15 is 0 Å². The van der Waals surface area contributed by atoms with Gasteiger partial charge >= 0.3 is 0 Å². The second-order valence-corrected chi connectivity index (χ2v) is 6.59. The quantitative estimate of drug-likeness (QED) is 0.600. The molecule has 2 aromatic carbocycles. The Morgan fingerprint density at radius 1 is 1.07 bits per heavy atom. The first-order chi connectivity index (χ1) is 13.8. The van der Waals surface area contributed by atoms with Gasteiger partial charge in [0.2, 0.25) is 11.2 Å². The highest BCUT2D eigenvalue weighted by molar-refractivity contribution is 5.88. The van der Waals surface area contributed by atoms with Crippen molar-refractivity contribution in [2.45, 2.75) is 13.8 Å². The average molecular weight is 398 g/mol. The van der Waals surface area contributed by atoms with Gasteiger partial charge < -0.3 is 28.8 Å². The summed E-state index contributed by atoms with van der Waals surface area (Å²) in [5, 5.41) is 20.4. The zero-order chi connectivity index (χ0) is 21.1. The number of allylic oxidation sites excluding steroid dienone is 1. The molecule has 2 N–H and O–H groups in total. The summed E-state index contributed by atoms with van der Waals surface area (Å²) in [7, 11) is 2.77. The second-order valence-electron chi connectivity index (χ2n) is 6.59. The molecule has 29 heavy (non-hydrogen) atoms. The molecule has 0 spiro atoms. The number of hydrogen-bond acceptors (Lipinski definition) is 7. The van der Waals surface area contributed by atoms with E-state index in [9.17, 15) is 15.0 Å². The highest BCUT2D eigenvalue weighted by Crippen LogP contribution is 2.38. The molecule has 3 rings (SSSR count). The number of hydrogen-bond donors (Lipinski definition) is 2.